The zero-order valence-corrected chi connectivity index (χ0v) is 17.1. The van der Waals surface area contributed by atoms with E-state index in [1.54, 1.807) is 48.2 Å². The summed E-state index contributed by atoms with van der Waals surface area (Å²) < 4.78 is 28.5. The minimum Gasteiger partial charge on any atom is -0.305 e. The number of rotatable bonds is 4. The third-order valence-corrected chi connectivity index (χ3v) is 6.70. The van der Waals surface area contributed by atoms with E-state index in [-0.39, 0.29) is 16.8 Å². The van der Waals surface area contributed by atoms with E-state index in [0.717, 1.165) is 17.7 Å². The zero-order valence-electron chi connectivity index (χ0n) is 16.3. The first kappa shape index (κ1) is 19.2. The monoisotopic (exact) mass is 406 g/mol. The van der Waals surface area contributed by atoms with Gasteiger partial charge < -0.3 is 4.90 Å². The highest BCUT2D eigenvalue weighted by molar-refractivity contribution is 7.92. The van der Waals surface area contributed by atoms with Crippen molar-refractivity contribution >= 4 is 27.3 Å². The van der Waals surface area contributed by atoms with Crippen molar-refractivity contribution in [1.29, 1.82) is 0 Å². The van der Waals surface area contributed by atoms with Crippen molar-refractivity contribution in [1.82, 2.24) is 0 Å². The Balaban J connectivity index is 1.69. The van der Waals surface area contributed by atoms with Crippen LogP contribution < -0.4 is 9.62 Å². The highest BCUT2D eigenvalue weighted by atomic mass is 32.2. The van der Waals surface area contributed by atoms with Crippen molar-refractivity contribution in [2.75, 3.05) is 9.62 Å². The third kappa shape index (κ3) is 3.63. The fraction of sp³-hybridized carbons (Fsp3) is 0.174. The van der Waals surface area contributed by atoms with Crippen molar-refractivity contribution in [2.24, 2.45) is 0 Å². The van der Waals surface area contributed by atoms with E-state index in [1.165, 1.54) is 6.07 Å². The molecule has 1 heterocycles. The van der Waals surface area contributed by atoms with Gasteiger partial charge in [-0.25, -0.2) is 8.42 Å². The van der Waals surface area contributed by atoms with Crippen molar-refractivity contribution < 1.29 is 13.2 Å². The SMILES string of the molecule is Cc1ccc(C(=O)N2c3ccccc3C[C@H]2C)cc1S(=O)(=O)Nc1ccccc1. The lowest BCUT2D eigenvalue weighted by Gasteiger charge is -2.23. The average Bonchev–Trinajstić information content (AvgIpc) is 3.03. The topological polar surface area (TPSA) is 66.5 Å². The summed E-state index contributed by atoms with van der Waals surface area (Å²) in [5.74, 6) is -0.196. The molecule has 1 amide bonds. The molecule has 3 aromatic carbocycles. The number of fused-ring (bicyclic) bond motifs is 1. The van der Waals surface area contributed by atoms with Gasteiger partial charge in [0.05, 0.1) is 4.90 Å². The van der Waals surface area contributed by atoms with Gasteiger partial charge in [0, 0.05) is 23.0 Å². The maximum Gasteiger partial charge on any atom is 0.262 e. The Bertz CT molecular complexity index is 1170. The molecule has 1 atom stereocenters. The lowest BCUT2D eigenvalue weighted by atomic mass is 10.1. The van der Waals surface area contributed by atoms with Crippen LogP contribution in [0.1, 0.15) is 28.4 Å². The van der Waals surface area contributed by atoms with E-state index in [9.17, 15) is 13.2 Å². The summed E-state index contributed by atoms with van der Waals surface area (Å²) in [4.78, 5) is 15.1. The summed E-state index contributed by atoms with van der Waals surface area (Å²) in [6.07, 6.45) is 0.786. The molecule has 6 heteroatoms. The van der Waals surface area contributed by atoms with Crippen LogP contribution in [0.2, 0.25) is 0 Å². The standard InChI is InChI=1S/C23H22N2O3S/c1-16-12-13-19(15-22(16)29(27,28)24-20-9-4-3-5-10-20)23(26)25-17(2)14-18-8-6-7-11-21(18)25/h3-13,15,17,24H,14H2,1-2H3/t17-/m1/s1. The van der Waals surface area contributed by atoms with Crippen LogP contribution >= 0.6 is 0 Å². The molecule has 0 aliphatic carbocycles. The molecule has 148 valence electrons. The average molecular weight is 407 g/mol. The van der Waals surface area contributed by atoms with Crippen LogP contribution in [-0.2, 0) is 16.4 Å². The zero-order chi connectivity index (χ0) is 20.6. The molecule has 0 fully saturated rings. The summed E-state index contributed by atoms with van der Waals surface area (Å²) in [6.45, 7) is 3.72. The van der Waals surface area contributed by atoms with Gasteiger partial charge in [0.25, 0.3) is 15.9 Å². The largest absolute Gasteiger partial charge is 0.305 e. The predicted octanol–water partition coefficient (Wildman–Crippen LogP) is 4.39. The molecule has 0 spiro atoms. The first-order valence-corrected chi connectivity index (χ1v) is 10.9. The molecule has 1 aliphatic heterocycles. The Morgan fingerprint density at radius 1 is 1.00 bits per heavy atom. The summed E-state index contributed by atoms with van der Waals surface area (Å²) in [5, 5.41) is 0. The van der Waals surface area contributed by atoms with Gasteiger partial charge in [0.1, 0.15) is 0 Å². The van der Waals surface area contributed by atoms with E-state index in [2.05, 4.69) is 4.72 Å². The molecule has 29 heavy (non-hydrogen) atoms. The summed E-state index contributed by atoms with van der Waals surface area (Å²) in [7, 11) is -3.82. The molecular formula is C23H22N2O3S. The van der Waals surface area contributed by atoms with Gasteiger partial charge in [-0.1, -0.05) is 42.5 Å². The van der Waals surface area contributed by atoms with Crippen LogP contribution in [0, 0.1) is 6.92 Å². The first-order chi connectivity index (χ1) is 13.9. The minimum atomic E-state index is -3.82. The van der Waals surface area contributed by atoms with E-state index in [0.29, 0.717) is 16.8 Å². The van der Waals surface area contributed by atoms with Gasteiger partial charge in [-0.3, -0.25) is 9.52 Å². The van der Waals surface area contributed by atoms with Crippen molar-refractivity contribution in [2.45, 2.75) is 31.2 Å². The quantitative estimate of drug-likeness (QED) is 0.699. The van der Waals surface area contributed by atoms with Gasteiger partial charge in [0.15, 0.2) is 0 Å². The number of hydrogen-bond acceptors (Lipinski definition) is 3. The molecule has 0 aromatic heterocycles. The van der Waals surface area contributed by atoms with E-state index < -0.39 is 10.0 Å². The molecule has 4 rings (SSSR count). The van der Waals surface area contributed by atoms with Crippen LogP contribution in [0.5, 0.6) is 0 Å². The lowest BCUT2D eigenvalue weighted by Crippen LogP contribution is -2.35. The Morgan fingerprint density at radius 2 is 1.69 bits per heavy atom. The fourth-order valence-electron chi connectivity index (χ4n) is 3.75. The molecule has 1 N–H and O–H groups in total. The molecule has 0 bridgehead atoms. The molecule has 3 aromatic rings. The number of carbonyl (C=O) groups is 1. The fourth-order valence-corrected chi connectivity index (χ4v) is 5.08. The molecule has 0 radical (unpaired) electrons. The molecule has 0 unspecified atom stereocenters. The van der Waals surface area contributed by atoms with Crippen molar-refractivity contribution in [3.05, 3.63) is 89.5 Å². The Kier molecular flexibility index (Phi) is 4.88. The number of aryl methyl sites for hydroxylation is 1. The van der Waals surface area contributed by atoms with Crippen molar-refractivity contribution in [3.8, 4) is 0 Å². The molecule has 0 saturated carbocycles. The van der Waals surface area contributed by atoms with E-state index >= 15 is 0 Å². The second-order valence-electron chi connectivity index (χ2n) is 7.31. The summed E-state index contributed by atoms with van der Waals surface area (Å²) in [5.41, 5.74) is 3.43. The summed E-state index contributed by atoms with van der Waals surface area (Å²) in [6, 6.07) is 21.4. The van der Waals surface area contributed by atoms with Crippen LogP contribution in [0.15, 0.2) is 77.7 Å². The number of benzene rings is 3. The van der Waals surface area contributed by atoms with Gasteiger partial charge in [0.2, 0.25) is 0 Å². The molecule has 1 aliphatic rings. The minimum absolute atomic E-state index is 0.0173. The lowest BCUT2D eigenvalue weighted by molar-refractivity contribution is 0.0981. The smallest absolute Gasteiger partial charge is 0.262 e. The normalized spacial score (nSPS) is 15.8. The summed E-state index contributed by atoms with van der Waals surface area (Å²) >= 11 is 0. The molecular weight excluding hydrogens is 384 g/mol. The number of hydrogen-bond donors (Lipinski definition) is 1. The highest BCUT2D eigenvalue weighted by Gasteiger charge is 2.32. The number of nitrogens with zero attached hydrogens (tertiary/aromatic N) is 1. The van der Waals surface area contributed by atoms with Crippen molar-refractivity contribution in [3.63, 3.8) is 0 Å². The van der Waals surface area contributed by atoms with E-state index in [1.807, 2.05) is 37.3 Å². The van der Waals surface area contributed by atoms with E-state index in [4.69, 9.17) is 0 Å². The van der Waals surface area contributed by atoms with Gasteiger partial charge >= 0.3 is 0 Å². The van der Waals surface area contributed by atoms with Crippen LogP contribution in [0.4, 0.5) is 11.4 Å². The number of anilines is 2. The number of nitrogens with one attached hydrogen (secondary N) is 1. The van der Waals surface area contributed by atoms with Crippen LogP contribution in [0.25, 0.3) is 0 Å². The van der Waals surface area contributed by atoms with Crippen LogP contribution in [0.3, 0.4) is 0 Å². The maximum atomic E-state index is 13.3. The maximum absolute atomic E-state index is 13.3. The second-order valence-corrected chi connectivity index (χ2v) is 8.96. The predicted molar refractivity (Wildman–Crippen MR) is 115 cm³/mol. The first-order valence-electron chi connectivity index (χ1n) is 9.47. The third-order valence-electron chi connectivity index (χ3n) is 5.18. The highest BCUT2D eigenvalue weighted by Crippen LogP contribution is 2.33. The Labute approximate surface area is 171 Å². The number of sulfonamides is 1. The number of para-hydroxylation sites is 2. The molecule has 0 saturated heterocycles. The van der Waals surface area contributed by atoms with Gasteiger partial charge in [-0.2, -0.15) is 0 Å². The Morgan fingerprint density at radius 3 is 2.45 bits per heavy atom. The number of amides is 1. The van der Waals surface area contributed by atoms with Crippen LogP contribution in [-0.4, -0.2) is 20.4 Å². The number of carbonyl (C=O) groups excluding carboxylic acids is 1. The molecule has 5 nitrogen and oxygen atoms in total. The second kappa shape index (κ2) is 7.37. The van der Waals surface area contributed by atoms with Gasteiger partial charge in [-0.15, -0.1) is 0 Å². The van der Waals surface area contributed by atoms with Gasteiger partial charge in [-0.05, 0) is 61.7 Å². The Hall–Kier alpha value is -3.12.